The van der Waals surface area contributed by atoms with Crippen LogP contribution in [0.3, 0.4) is 0 Å². The number of nitrogens with two attached hydrogens (primary N) is 1. The maximum atomic E-state index is 12.9. The van der Waals surface area contributed by atoms with Gasteiger partial charge in [0.05, 0.1) is 18.5 Å². The fraction of sp³-hybridized carbons (Fsp3) is 0.909. The van der Waals surface area contributed by atoms with E-state index in [1.54, 1.807) is 7.11 Å². The number of rotatable bonds is 7. The second-order valence-corrected chi connectivity index (χ2v) is 4.62. The van der Waals surface area contributed by atoms with Gasteiger partial charge < -0.3 is 15.8 Å². The lowest BCUT2D eigenvalue weighted by molar-refractivity contribution is -0.139. The Kier molecular flexibility index (Phi) is 4.82. The van der Waals surface area contributed by atoms with Crippen molar-refractivity contribution in [3.63, 3.8) is 0 Å². The second kappa shape index (κ2) is 5.73. The fourth-order valence-corrected chi connectivity index (χ4v) is 1.96. The minimum Gasteiger partial charge on any atom is -0.385 e. The molecule has 4 nitrogen and oxygen atoms in total. The minimum atomic E-state index is -3.03. The SMILES string of the molecule is COCCC1(C(=O)NCC(F)(F)CN)CCC1. The van der Waals surface area contributed by atoms with Crippen LogP contribution >= 0.6 is 0 Å². The molecule has 6 heteroatoms. The normalized spacial score (nSPS) is 18.6. The van der Waals surface area contributed by atoms with Crippen LogP contribution in [-0.4, -0.2) is 38.6 Å². The highest BCUT2D eigenvalue weighted by Gasteiger charge is 2.44. The predicted octanol–water partition coefficient (Wildman–Crippen LogP) is 0.903. The molecule has 1 aliphatic carbocycles. The lowest BCUT2D eigenvalue weighted by Crippen LogP contribution is -2.50. The molecule has 1 amide bonds. The van der Waals surface area contributed by atoms with Crippen LogP contribution in [0.15, 0.2) is 0 Å². The number of ether oxygens (including phenoxy) is 1. The summed E-state index contributed by atoms with van der Waals surface area (Å²) in [6.07, 6.45) is 3.04. The highest BCUT2D eigenvalue weighted by Crippen LogP contribution is 2.44. The van der Waals surface area contributed by atoms with Gasteiger partial charge in [-0.05, 0) is 19.3 Å². The summed E-state index contributed by atoms with van der Waals surface area (Å²) in [7, 11) is 1.56. The summed E-state index contributed by atoms with van der Waals surface area (Å²) in [6, 6.07) is 0. The van der Waals surface area contributed by atoms with Crippen molar-refractivity contribution < 1.29 is 18.3 Å². The summed E-state index contributed by atoms with van der Waals surface area (Å²) in [5.41, 5.74) is 4.41. The van der Waals surface area contributed by atoms with Crippen LogP contribution in [-0.2, 0) is 9.53 Å². The maximum absolute atomic E-state index is 12.9. The van der Waals surface area contributed by atoms with Crippen molar-refractivity contribution in [2.45, 2.75) is 31.6 Å². The van der Waals surface area contributed by atoms with E-state index in [1.165, 1.54) is 0 Å². The molecule has 0 aromatic heterocycles. The van der Waals surface area contributed by atoms with Gasteiger partial charge in [0.25, 0.3) is 5.92 Å². The topological polar surface area (TPSA) is 64.3 Å². The molecule has 1 saturated carbocycles. The number of methoxy groups -OCH3 is 1. The average Bonchev–Trinajstić information content (AvgIpc) is 2.25. The van der Waals surface area contributed by atoms with E-state index in [2.05, 4.69) is 5.32 Å². The molecule has 0 aromatic carbocycles. The fourth-order valence-electron chi connectivity index (χ4n) is 1.96. The summed E-state index contributed by atoms with van der Waals surface area (Å²) >= 11 is 0. The van der Waals surface area contributed by atoms with E-state index in [9.17, 15) is 13.6 Å². The molecule has 0 spiro atoms. The molecule has 0 heterocycles. The van der Waals surface area contributed by atoms with E-state index >= 15 is 0 Å². The van der Waals surface area contributed by atoms with Gasteiger partial charge in [-0.1, -0.05) is 6.42 Å². The van der Waals surface area contributed by atoms with Gasteiger partial charge in [-0.25, -0.2) is 8.78 Å². The molecule has 0 bridgehead atoms. The van der Waals surface area contributed by atoms with Gasteiger partial charge in [-0.2, -0.15) is 0 Å². The number of halogens is 2. The highest BCUT2D eigenvalue weighted by atomic mass is 19.3. The first-order chi connectivity index (χ1) is 7.96. The molecule has 1 fully saturated rings. The number of hydrogen-bond acceptors (Lipinski definition) is 3. The van der Waals surface area contributed by atoms with E-state index in [0.29, 0.717) is 13.0 Å². The molecule has 1 rings (SSSR count). The Balaban J connectivity index is 2.44. The third-order valence-electron chi connectivity index (χ3n) is 3.38. The van der Waals surface area contributed by atoms with Crippen molar-refractivity contribution in [1.29, 1.82) is 0 Å². The maximum Gasteiger partial charge on any atom is 0.277 e. The molecule has 3 N–H and O–H groups in total. The van der Waals surface area contributed by atoms with Crippen LogP contribution in [0.2, 0.25) is 0 Å². The van der Waals surface area contributed by atoms with Crippen LogP contribution in [0.4, 0.5) is 8.78 Å². The Morgan fingerprint density at radius 1 is 1.53 bits per heavy atom. The zero-order valence-electron chi connectivity index (χ0n) is 10.1. The standard InChI is InChI=1S/C11H20F2N2O2/c1-17-6-5-10(3-2-4-10)9(16)15-8-11(12,13)7-14/h2-8,14H2,1H3,(H,15,16). The molecule has 100 valence electrons. The molecule has 17 heavy (non-hydrogen) atoms. The molecule has 1 aliphatic rings. The van der Waals surface area contributed by atoms with E-state index in [4.69, 9.17) is 10.5 Å². The Morgan fingerprint density at radius 3 is 2.59 bits per heavy atom. The van der Waals surface area contributed by atoms with Crippen molar-refractivity contribution in [3.05, 3.63) is 0 Å². The van der Waals surface area contributed by atoms with Gasteiger partial charge in [0, 0.05) is 13.7 Å². The summed E-state index contributed by atoms with van der Waals surface area (Å²) in [6.45, 7) is -0.962. The van der Waals surface area contributed by atoms with Crippen molar-refractivity contribution in [1.82, 2.24) is 5.32 Å². The highest BCUT2D eigenvalue weighted by molar-refractivity contribution is 5.83. The van der Waals surface area contributed by atoms with E-state index in [-0.39, 0.29) is 5.91 Å². The third-order valence-corrected chi connectivity index (χ3v) is 3.38. The Bertz CT molecular complexity index is 268. The summed E-state index contributed by atoms with van der Waals surface area (Å²) in [5.74, 6) is -3.32. The summed E-state index contributed by atoms with van der Waals surface area (Å²) in [4.78, 5) is 11.9. The van der Waals surface area contributed by atoms with E-state index in [0.717, 1.165) is 19.3 Å². The lowest BCUT2D eigenvalue weighted by atomic mass is 9.66. The number of alkyl halides is 2. The van der Waals surface area contributed by atoms with Crippen molar-refractivity contribution in [3.8, 4) is 0 Å². The largest absolute Gasteiger partial charge is 0.385 e. The van der Waals surface area contributed by atoms with Crippen LogP contribution in [0, 0.1) is 5.41 Å². The Morgan fingerprint density at radius 2 is 2.18 bits per heavy atom. The minimum absolute atomic E-state index is 0.297. The van der Waals surface area contributed by atoms with Crippen LogP contribution < -0.4 is 11.1 Å². The third kappa shape index (κ3) is 3.61. The van der Waals surface area contributed by atoms with Gasteiger partial charge in [0.1, 0.15) is 0 Å². The van der Waals surface area contributed by atoms with E-state index < -0.39 is 24.4 Å². The second-order valence-electron chi connectivity index (χ2n) is 4.62. The molecule has 0 unspecified atom stereocenters. The first-order valence-corrected chi connectivity index (χ1v) is 5.81. The lowest BCUT2D eigenvalue weighted by Gasteiger charge is -2.40. The van der Waals surface area contributed by atoms with Crippen LogP contribution in [0.5, 0.6) is 0 Å². The molecular formula is C11H20F2N2O2. The van der Waals surface area contributed by atoms with Crippen molar-refractivity contribution >= 4 is 5.91 Å². The van der Waals surface area contributed by atoms with Crippen LogP contribution in [0.1, 0.15) is 25.7 Å². The van der Waals surface area contributed by atoms with Crippen LogP contribution in [0.25, 0.3) is 0 Å². The number of carbonyl (C=O) groups is 1. The molecule has 0 aliphatic heterocycles. The summed E-state index contributed by atoms with van der Waals surface area (Å²) in [5, 5.41) is 2.30. The number of carbonyl (C=O) groups excluding carboxylic acids is 1. The zero-order chi connectivity index (χ0) is 12.9. The average molecular weight is 250 g/mol. The summed E-state index contributed by atoms with van der Waals surface area (Å²) < 4.78 is 30.8. The van der Waals surface area contributed by atoms with Crippen molar-refractivity contribution in [2.24, 2.45) is 11.1 Å². The Labute approximate surface area is 99.9 Å². The van der Waals surface area contributed by atoms with Crippen molar-refractivity contribution in [2.75, 3.05) is 26.8 Å². The first-order valence-electron chi connectivity index (χ1n) is 5.81. The Hall–Kier alpha value is -0.750. The zero-order valence-corrected chi connectivity index (χ0v) is 10.1. The first kappa shape index (κ1) is 14.3. The molecule has 0 saturated heterocycles. The molecule has 0 aromatic rings. The van der Waals surface area contributed by atoms with Gasteiger partial charge in [0.15, 0.2) is 0 Å². The number of amides is 1. The molecule has 0 radical (unpaired) electrons. The predicted molar refractivity (Wildman–Crippen MR) is 59.8 cm³/mol. The molecular weight excluding hydrogens is 230 g/mol. The number of nitrogens with one attached hydrogen (secondary N) is 1. The molecule has 0 atom stereocenters. The van der Waals surface area contributed by atoms with E-state index in [1.807, 2.05) is 0 Å². The number of hydrogen-bond donors (Lipinski definition) is 2. The van der Waals surface area contributed by atoms with Gasteiger partial charge in [-0.3, -0.25) is 4.79 Å². The monoisotopic (exact) mass is 250 g/mol. The smallest absolute Gasteiger partial charge is 0.277 e. The van der Waals surface area contributed by atoms with Gasteiger partial charge in [0.2, 0.25) is 5.91 Å². The van der Waals surface area contributed by atoms with Gasteiger partial charge in [-0.15, -0.1) is 0 Å². The van der Waals surface area contributed by atoms with Gasteiger partial charge >= 0.3 is 0 Å². The quantitative estimate of drug-likeness (QED) is 0.705.